The van der Waals surface area contributed by atoms with E-state index >= 15 is 0 Å². The summed E-state index contributed by atoms with van der Waals surface area (Å²) in [6, 6.07) is 0.271. The van der Waals surface area contributed by atoms with Crippen LogP contribution < -0.4 is 10.2 Å². The van der Waals surface area contributed by atoms with Gasteiger partial charge in [0.2, 0.25) is 5.91 Å². The summed E-state index contributed by atoms with van der Waals surface area (Å²) in [5, 5.41) is 5.15. The first-order chi connectivity index (χ1) is 11.5. The second-order valence-electron chi connectivity index (χ2n) is 8.54. The number of rotatable bonds is 5. The summed E-state index contributed by atoms with van der Waals surface area (Å²) in [5.41, 5.74) is 1.20. The van der Waals surface area contributed by atoms with Gasteiger partial charge in [-0.3, -0.25) is 14.2 Å². The van der Waals surface area contributed by atoms with Gasteiger partial charge in [-0.2, -0.15) is 0 Å². The first-order valence-corrected chi connectivity index (χ1v) is 10.3. The molecule has 4 aliphatic carbocycles. The maximum atomic E-state index is 12.6. The Morgan fingerprint density at radius 3 is 2.33 bits per heavy atom. The lowest BCUT2D eigenvalue weighted by Crippen LogP contribution is -2.57. The molecule has 4 bridgehead atoms. The van der Waals surface area contributed by atoms with Crippen molar-refractivity contribution in [2.24, 2.45) is 23.2 Å². The number of carbonyl (C=O) groups excluding carboxylic acids is 1. The molecular formula is C19H28N2O2S. The summed E-state index contributed by atoms with van der Waals surface area (Å²) < 4.78 is 1.59. The van der Waals surface area contributed by atoms with Crippen molar-refractivity contribution < 1.29 is 4.79 Å². The maximum absolute atomic E-state index is 12.6. The molecule has 4 saturated carbocycles. The lowest BCUT2D eigenvalue weighted by Gasteiger charge is -2.59. The molecule has 0 aromatic carbocycles. The van der Waals surface area contributed by atoms with Crippen molar-refractivity contribution in [2.45, 2.75) is 71.4 Å². The van der Waals surface area contributed by atoms with Gasteiger partial charge in [-0.1, -0.05) is 18.3 Å². The summed E-state index contributed by atoms with van der Waals surface area (Å²) in [4.78, 5) is 24.4. The average molecular weight is 349 g/mol. The lowest BCUT2D eigenvalue weighted by molar-refractivity contribution is -0.127. The molecule has 1 heterocycles. The summed E-state index contributed by atoms with van der Waals surface area (Å²) in [7, 11) is 0. The molecule has 1 unspecified atom stereocenters. The van der Waals surface area contributed by atoms with Crippen LogP contribution in [-0.2, 0) is 11.3 Å². The molecule has 0 aliphatic heterocycles. The molecule has 0 spiro atoms. The second-order valence-corrected chi connectivity index (χ2v) is 9.36. The highest BCUT2D eigenvalue weighted by Crippen LogP contribution is 2.61. The highest BCUT2D eigenvalue weighted by molar-refractivity contribution is 7.07. The van der Waals surface area contributed by atoms with Crippen LogP contribution in [0, 0.1) is 30.1 Å². The van der Waals surface area contributed by atoms with E-state index in [4.69, 9.17) is 0 Å². The zero-order chi connectivity index (χ0) is 16.9. The smallest absolute Gasteiger partial charge is 0.307 e. The number of amides is 1. The Balaban J connectivity index is 1.48. The fraction of sp³-hybridized carbons (Fsp3) is 0.789. The van der Waals surface area contributed by atoms with Crippen molar-refractivity contribution in [1.82, 2.24) is 9.88 Å². The van der Waals surface area contributed by atoms with Crippen LogP contribution in [0.2, 0.25) is 0 Å². The van der Waals surface area contributed by atoms with Gasteiger partial charge < -0.3 is 5.32 Å². The zero-order valence-electron chi connectivity index (χ0n) is 14.7. The SMILES string of the molecule is CCC(NC(=O)Cn1c(C)csc1=O)C12CC3CC(CC(C3)C1)C2. The van der Waals surface area contributed by atoms with Crippen LogP contribution in [0.1, 0.15) is 57.6 Å². The van der Waals surface area contributed by atoms with Crippen LogP contribution in [0.25, 0.3) is 0 Å². The van der Waals surface area contributed by atoms with Gasteiger partial charge >= 0.3 is 4.87 Å². The molecule has 0 saturated heterocycles. The van der Waals surface area contributed by atoms with Gasteiger partial charge in [-0.25, -0.2) is 0 Å². The molecule has 5 rings (SSSR count). The zero-order valence-corrected chi connectivity index (χ0v) is 15.5. The Hall–Kier alpha value is -1.10. The number of carbonyl (C=O) groups is 1. The van der Waals surface area contributed by atoms with Crippen molar-refractivity contribution in [3.63, 3.8) is 0 Å². The van der Waals surface area contributed by atoms with Crippen LogP contribution in [-0.4, -0.2) is 16.5 Å². The van der Waals surface area contributed by atoms with Crippen LogP contribution in [0.5, 0.6) is 0 Å². The van der Waals surface area contributed by atoms with Gasteiger partial charge in [-0.05, 0) is 75.0 Å². The Kier molecular flexibility index (Phi) is 4.10. The number of thiazole rings is 1. The Bertz CT molecular complexity index is 654. The number of nitrogens with one attached hydrogen (secondary N) is 1. The van der Waals surface area contributed by atoms with E-state index in [0.717, 1.165) is 29.9 Å². The molecule has 1 aromatic rings. The van der Waals surface area contributed by atoms with E-state index in [-0.39, 0.29) is 23.4 Å². The normalized spacial score (nSPS) is 35.2. The quantitative estimate of drug-likeness (QED) is 0.887. The predicted octanol–water partition coefficient (Wildman–Crippen LogP) is 3.33. The van der Waals surface area contributed by atoms with Gasteiger partial charge in [0.25, 0.3) is 0 Å². The lowest BCUT2D eigenvalue weighted by atomic mass is 9.47. The van der Waals surface area contributed by atoms with Gasteiger partial charge in [0.05, 0.1) is 0 Å². The van der Waals surface area contributed by atoms with Crippen LogP contribution in [0.4, 0.5) is 0 Å². The number of aromatic nitrogens is 1. The predicted molar refractivity (Wildman–Crippen MR) is 96.1 cm³/mol. The summed E-state index contributed by atoms with van der Waals surface area (Å²) in [6.45, 7) is 4.25. The molecule has 4 aliphatic rings. The van der Waals surface area contributed by atoms with Crippen LogP contribution in [0.15, 0.2) is 10.2 Å². The molecule has 5 heteroatoms. The fourth-order valence-corrected chi connectivity index (χ4v) is 7.01. The minimum atomic E-state index is -0.0366. The van der Waals surface area contributed by atoms with Gasteiger partial charge in [0.15, 0.2) is 0 Å². The number of nitrogens with zero attached hydrogens (tertiary/aromatic N) is 1. The molecule has 1 atom stereocenters. The van der Waals surface area contributed by atoms with E-state index in [2.05, 4.69) is 12.2 Å². The Morgan fingerprint density at radius 1 is 1.29 bits per heavy atom. The molecular weight excluding hydrogens is 320 g/mol. The highest BCUT2D eigenvalue weighted by Gasteiger charge is 2.53. The molecule has 132 valence electrons. The van der Waals surface area contributed by atoms with Crippen molar-refractivity contribution >= 4 is 17.2 Å². The fourth-order valence-electron chi connectivity index (χ4n) is 6.27. The number of aryl methyl sites for hydroxylation is 1. The molecule has 1 amide bonds. The van der Waals surface area contributed by atoms with Gasteiger partial charge in [-0.15, -0.1) is 0 Å². The van der Waals surface area contributed by atoms with E-state index < -0.39 is 0 Å². The van der Waals surface area contributed by atoms with Crippen molar-refractivity contribution in [3.05, 3.63) is 20.7 Å². The van der Waals surface area contributed by atoms with Crippen molar-refractivity contribution in [2.75, 3.05) is 0 Å². The molecule has 1 N–H and O–H groups in total. The highest BCUT2D eigenvalue weighted by atomic mass is 32.1. The van der Waals surface area contributed by atoms with Gasteiger partial charge in [0, 0.05) is 17.1 Å². The van der Waals surface area contributed by atoms with Crippen LogP contribution in [0.3, 0.4) is 0 Å². The minimum Gasteiger partial charge on any atom is -0.351 e. The number of hydrogen-bond donors (Lipinski definition) is 1. The maximum Gasteiger partial charge on any atom is 0.307 e. The average Bonchev–Trinajstić information content (AvgIpc) is 2.83. The third kappa shape index (κ3) is 2.75. The molecule has 4 fully saturated rings. The summed E-state index contributed by atoms with van der Waals surface area (Å²) in [5.74, 6) is 2.68. The Morgan fingerprint density at radius 2 is 1.88 bits per heavy atom. The molecule has 0 radical (unpaired) electrons. The second kappa shape index (κ2) is 6.01. The standard InChI is InChI=1S/C19H28N2O2S/c1-3-16(20-17(22)10-21-12(2)11-24-18(21)23)19-7-13-4-14(8-19)6-15(5-13)9-19/h11,13-16H,3-10H2,1-2H3,(H,20,22). The van der Waals surface area contributed by atoms with Crippen molar-refractivity contribution in [1.29, 1.82) is 0 Å². The minimum absolute atomic E-state index is 0.00111. The number of hydrogen-bond acceptors (Lipinski definition) is 3. The van der Waals surface area contributed by atoms with E-state index in [9.17, 15) is 9.59 Å². The Labute approximate surface area is 147 Å². The summed E-state index contributed by atoms with van der Waals surface area (Å²) in [6.07, 6.45) is 9.17. The first-order valence-electron chi connectivity index (χ1n) is 9.43. The monoisotopic (exact) mass is 348 g/mol. The summed E-state index contributed by atoms with van der Waals surface area (Å²) >= 11 is 1.17. The van der Waals surface area contributed by atoms with Crippen LogP contribution >= 0.6 is 11.3 Å². The first kappa shape index (κ1) is 16.4. The molecule has 1 aromatic heterocycles. The molecule has 4 nitrogen and oxygen atoms in total. The van der Waals surface area contributed by atoms with E-state index in [0.29, 0.717) is 5.41 Å². The third-order valence-corrected chi connectivity index (χ3v) is 7.73. The van der Waals surface area contributed by atoms with Gasteiger partial charge in [0.1, 0.15) is 6.54 Å². The van der Waals surface area contributed by atoms with Crippen molar-refractivity contribution in [3.8, 4) is 0 Å². The molecule has 24 heavy (non-hydrogen) atoms. The third-order valence-electron chi connectivity index (χ3n) is 6.85. The largest absolute Gasteiger partial charge is 0.351 e. The van der Waals surface area contributed by atoms with E-state index in [1.54, 1.807) is 4.57 Å². The topological polar surface area (TPSA) is 51.1 Å². The van der Waals surface area contributed by atoms with E-state index in [1.807, 2.05) is 12.3 Å². The van der Waals surface area contributed by atoms with E-state index in [1.165, 1.54) is 49.9 Å².